The Labute approximate surface area is 114 Å². The first-order valence-corrected chi connectivity index (χ1v) is 7.19. The van der Waals surface area contributed by atoms with Gasteiger partial charge in [-0.2, -0.15) is 5.26 Å². The van der Waals surface area contributed by atoms with Crippen molar-refractivity contribution in [2.24, 2.45) is 5.92 Å². The van der Waals surface area contributed by atoms with Crippen LogP contribution >= 0.6 is 0 Å². The van der Waals surface area contributed by atoms with Gasteiger partial charge in [0.25, 0.3) is 0 Å². The Balaban J connectivity index is 1.52. The molecule has 4 nitrogen and oxygen atoms in total. The second kappa shape index (κ2) is 5.58. The number of hydrogen-bond donors (Lipinski definition) is 1. The highest BCUT2D eigenvalue weighted by atomic mass is 15.2. The third-order valence-corrected chi connectivity index (χ3v) is 4.09. The van der Waals surface area contributed by atoms with E-state index < -0.39 is 0 Å². The summed E-state index contributed by atoms with van der Waals surface area (Å²) in [5.74, 6) is 1.90. The molecule has 1 saturated carbocycles. The van der Waals surface area contributed by atoms with Crippen LogP contribution in [0.15, 0.2) is 18.3 Å². The molecule has 0 amide bonds. The van der Waals surface area contributed by atoms with Crippen LogP contribution in [0, 0.1) is 17.2 Å². The van der Waals surface area contributed by atoms with Crippen LogP contribution in [0.2, 0.25) is 0 Å². The van der Waals surface area contributed by atoms with Crippen LogP contribution in [0.1, 0.15) is 31.2 Å². The van der Waals surface area contributed by atoms with Crippen molar-refractivity contribution in [1.82, 2.24) is 10.3 Å². The van der Waals surface area contributed by atoms with E-state index in [-0.39, 0.29) is 0 Å². The molecule has 1 aromatic heterocycles. The monoisotopic (exact) mass is 256 g/mol. The molecule has 4 heteroatoms. The van der Waals surface area contributed by atoms with E-state index in [0.717, 1.165) is 24.8 Å². The molecule has 0 radical (unpaired) electrons. The second-order valence-corrected chi connectivity index (χ2v) is 5.63. The molecule has 1 aliphatic carbocycles. The van der Waals surface area contributed by atoms with E-state index in [1.807, 2.05) is 6.07 Å². The summed E-state index contributed by atoms with van der Waals surface area (Å²) in [5.41, 5.74) is 0.694. The lowest BCUT2D eigenvalue weighted by atomic mass is 10.0. The lowest BCUT2D eigenvalue weighted by molar-refractivity contribution is 0.407. The highest BCUT2D eigenvalue weighted by Gasteiger charge is 2.24. The fraction of sp³-hybridized carbons (Fsp3) is 0.600. The van der Waals surface area contributed by atoms with E-state index >= 15 is 0 Å². The number of nitrogens with one attached hydrogen (secondary N) is 1. The van der Waals surface area contributed by atoms with Crippen molar-refractivity contribution < 1.29 is 0 Å². The van der Waals surface area contributed by atoms with E-state index in [1.165, 1.54) is 32.2 Å². The SMILES string of the molecule is N#Cc1ccnc(N2CCC(NCC3CC3)CC2)c1. The topological polar surface area (TPSA) is 52.0 Å². The van der Waals surface area contributed by atoms with Gasteiger partial charge in [-0.05, 0) is 50.3 Å². The molecule has 1 saturated heterocycles. The zero-order chi connectivity index (χ0) is 13.1. The largest absolute Gasteiger partial charge is 0.356 e. The fourth-order valence-electron chi connectivity index (χ4n) is 2.63. The molecule has 3 rings (SSSR count). The van der Waals surface area contributed by atoms with Crippen molar-refractivity contribution in [2.75, 3.05) is 24.5 Å². The van der Waals surface area contributed by atoms with Crippen molar-refractivity contribution in [3.8, 4) is 6.07 Å². The van der Waals surface area contributed by atoms with Crippen molar-refractivity contribution in [1.29, 1.82) is 5.26 Å². The summed E-state index contributed by atoms with van der Waals surface area (Å²) in [4.78, 5) is 6.66. The minimum Gasteiger partial charge on any atom is -0.356 e. The smallest absolute Gasteiger partial charge is 0.129 e. The Morgan fingerprint density at radius 1 is 1.32 bits per heavy atom. The van der Waals surface area contributed by atoms with E-state index in [9.17, 15) is 0 Å². The molecule has 2 aliphatic rings. The highest BCUT2D eigenvalue weighted by Crippen LogP contribution is 2.28. The molecule has 0 aromatic carbocycles. The van der Waals surface area contributed by atoms with Crippen molar-refractivity contribution in [3.63, 3.8) is 0 Å². The third-order valence-electron chi connectivity index (χ3n) is 4.09. The van der Waals surface area contributed by atoms with Crippen LogP contribution in [-0.4, -0.2) is 30.7 Å². The minimum atomic E-state index is 0.663. The van der Waals surface area contributed by atoms with E-state index in [2.05, 4.69) is 21.3 Å². The lowest BCUT2D eigenvalue weighted by Gasteiger charge is -2.33. The number of nitriles is 1. The van der Waals surface area contributed by atoms with Crippen molar-refractivity contribution in [3.05, 3.63) is 23.9 Å². The van der Waals surface area contributed by atoms with Gasteiger partial charge in [-0.1, -0.05) is 0 Å². The van der Waals surface area contributed by atoms with Gasteiger partial charge in [-0.25, -0.2) is 4.98 Å². The Bertz CT molecular complexity index is 467. The summed E-state index contributed by atoms with van der Waals surface area (Å²) in [6, 6.07) is 6.48. The van der Waals surface area contributed by atoms with E-state index in [1.54, 1.807) is 12.3 Å². The van der Waals surface area contributed by atoms with Gasteiger partial charge < -0.3 is 10.2 Å². The zero-order valence-electron chi connectivity index (χ0n) is 11.2. The van der Waals surface area contributed by atoms with Crippen LogP contribution in [-0.2, 0) is 0 Å². The molecule has 2 heterocycles. The van der Waals surface area contributed by atoms with Gasteiger partial charge in [0.1, 0.15) is 5.82 Å². The fourth-order valence-corrected chi connectivity index (χ4v) is 2.63. The quantitative estimate of drug-likeness (QED) is 0.894. The summed E-state index contributed by atoms with van der Waals surface area (Å²) >= 11 is 0. The molecule has 2 fully saturated rings. The molecule has 0 unspecified atom stereocenters. The van der Waals surface area contributed by atoms with Gasteiger partial charge in [0.05, 0.1) is 11.6 Å². The first-order valence-electron chi connectivity index (χ1n) is 7.19. The Kier molecular flexibility index (Phi) is 3.65. The van der Waals surface area contributed by atoms with Gasteiger partial charge in [-0.3, -0.25) is 0 Å². The summed E-state index contributed by atoms with van der Waals surface area (Å²) in [5, 5.41) is 12.6. The lowest BCUT2D eigenvalue weighted by Crippen LogP contribution is -2.43. The molecule has 1 N–H and O–H groups in total. The molecular weight excluding hydrogens is 236 g/mol. The Morgan fingerprint density at radius 3 is 2.79 bits per heavy atom. The number of aromatic nitrogens is 1. The van der Waals surface area contributed by atoms with Crippen LogP contribution in [0.25, 0.3) is 0 Å². The molecular formula is C15H20N4. The summed E-state index contributed by atoms with van der Waals surface area (Å²) in [7, 11) is 0. The number of hydrogen-bond acceptors (Lipinski definition) is 4. The van der Waals surface area contributed by atoms with Crippen molar-refractivity contribution >= 4 is 5.82 Å². The summed E-state index contributed by atoms with van der Waals surface area (Å²) in [6.07, 6.45) is 6.90. The highest BCUT2D eigenvalue weighted by molar-refractivity contribution is 5.45. The number of anilines is 1. The first-order chi connectivity index (χ1) is 9.35. The number of nitrogens with zero attached hydrogens (tertiary/aromatic N) is 3. The van der Waals surface area contributed by atoms with Crippen LogP contribution in [0.3, 0.4) is 0 Å². The van der Waals surface area contributed by atoms with Crippen LogP contribution in [0.4, 0.5) is 5.82 Å². The van der Waals surface area contributed by atoms with Crippen molar-refractivity contribution in [2.45, 2.75) is 31.7 Å². The second-order valence-electron chi connectivity index (χ2n) is 5.63. The first kappa shape index (κ1) is 12.4. The van der Waals surface area contributed by atoms with E-state index in [4.69, 9.17) is 5.26 Å². The van der Waals surface area contributed by atoms with Crippen LogP contribution < -0.4 is 10.2 Å². The molecule has 1 aromatic rings. The number of piperidine rings is 1. The molecule has 0 atom stereocenters. The van der Waals surface area contributed by atoms with Gasteiger partial charge in [0.2, 0.25) is 0 Å². The third kappa shape index (κ3) is 3.24. The predicted molar refractivity (Wildman–Crippen MR) is 74.9 cm³/mol. The molecule has 0 spiro atoms. The van der Waals surface area contributed by atoms with Gasteiger partial charge in [-0.15, -0.1) is 0 Å². The maximum Gasteiger partial charge on any atom is 0.129 e. The maximum absolute atomic E-state index is 8.92. The summed E-state index contributed by atoms with van der Waals surface area (Å²) < 4.78 is 0. The van der Waals surface area contributed by atoms with Gasteiger partial charge in [0.15, 0.2) is 0 Å². The van der Waals surface area contributed by atoms with E-state index in [0.29, 0.717) is 11.6 Å². The molecule has 19 heavy (non-hydrogen) atoms. The average Bonchev–Trinajstić information content (AvgIpc) is 3.30. The van der Waals surface area contributed by atoms with Gasteiger partial charge >= 0.3 is 0 Å². The normalized spacial score (nSPS) is 20.3. The Morgan fingerprint density at radius 2 is 2.11 bits per heavy atom. The maximum atomic E-state index is 8.92. The average molecular weight is 256 g/mol. The molecule has 0 bridgehead atoms. The van der Waals surface area contributed by atoms with Gasteiger partial charge in [0, 0.05) is 25.3 Å². The standard InChI is InChI=1S/C15H20N4/c16-10-13-3-6-17-15(9-13)19-7-4-14(5-8-19)18-11-12-1-2-12/h3,6,9,12,14,18H,1-2,4-5,7-8,11H2. The number of rotatable bonds is 4. The zero-order valence-corrected chi connectivity index (χ0v) is 11.2. The number of pyridine rings is 1. The van der Waals surface area contributed by atoms with Crippen LogP contribution in [0.5, 0.6) is 0 Å². The molecule has 100 valence electrons. The molecule has 1 aliphatic heterocycles. The predicted octanol–water partition coefficient (Wildman–Crippen LogP) is 1.92. The summed E-state index contributed by atoms with van der Waals surface area (Å²) in [6.45, 7) is 3.27. The Hall–Kier alpha value is -1.60. The minimum absolute atomic E-state index is 0.663.